The lowest BCUT2D eigenvalue weighted by Crippen LogP contribution is -2.34. The minimum absolute atomic E-state index is 0.368. The molecule has 7 nitrogen and oxygen atoms in total. The summed E-state index contributed by atoms with van der Waals surface area (Å²) in [6, 6.07) is 0. The lowest BCUT2D eigenvalue weighted by Gasteiger charge is -2.15. The van der Waals surface area contributed by atoms with E-state index in [1.165, 1.54) is 0 Å². The van der Waals surface area contributed by atoms with Gasteiger partial charge in [0.15, 0.2) is 6.54 Å². The van der Waals surface area contributed by atoms with E-state index in [1.807, 2.05) is 15.7 Å². The van der Waals surface area contributed by atoms with E-state index in [4.69, 9.17) is 11.1 Å². The van der Waals surface area contributed by atoms with Crippen LogP contribution in [0.2, 0.25) is 0 Å². The summed E-state index contributed by atoms with van der Waals surface area (Å²) in [6.07, 6.45) is 4.81. The van der Waals surface area contributed by atoms with Gasteiger partial charge in [-0.05, 0) is 13.0 Å². The molecule has 0 bridgehead atoms. The Kier molecular flexibility index (Phi) is 4.40. The molecule has 2 aliphatic rings. The maximum absolute atomic E-state index is 7.52. The first-order valence-electron chi connectivity index (χ1n) is 6.24. The fraction of sp³-hybridized carbons (Fsp3) is 0.636. The molecule has 98 valence electrons. The minimum Gasteiger partial charge on any atom is -0.335 e. The molecule has 0 saturated carbocycles. The van der Waals surface area contributed by atoms with Gasteiger partial charge in [-0.15, -0.1) is 4.99 Å². The largest absolute Gasteiger partial charge is 0.384 e. The van der Waals surface area contributed by atoms with Crippen LogP contribution in [0.3, 0.4) is 0 Å². The first-order valence-corrected chi connectivity index (χ1v) is 6.24. The SMILES string of the molecule is N=C1N=CCN1CCNCCC[N+]1=CCN=C1N. The van der Waals surface area contributed by atoms with Gasteiger partial charge in [0.25, 0.3) is 0 Å². The van der Waals surface area contributed by atoms with E-state index in [-0.39, 0.29) is 0 Å². The van der Waals surface area contributed by atoms with Gasteiger partial charge in [0.1, 0.15) is 0 Å². The fourth-order valence-corrected chi connectivity index (χ4v) is 1.93. The third kappa shape index (κ3) is 3.36. The number of guanidine groups is 2. The molecule has 7 heteroatoms. The van der Waals surface area contributed by atoms with Crippen molar-refractivity contribution in [3.63, 3.8) is 0 Å². The highest BCUT2D eigenvalue weighted by Gasteiger charge is 2.13. The summed E-state index contributed by atoms with van der Waals surface area (Å²) >= 11 is 0. The van der Waals surface area contributed by atoms with Crippen LogP contribution in [-0.4, -0.2) is 73.1 Å². The number of rotatable bonds is 7. The van der Waals surface area contributed by atoms with Crippen LogP contribution >= 0.6 is 0 Å². The second-order valence-corrected chi connectivity index (χ2v) is 4.26. The molecule has 0 aromatic rings. The van der Waals surface area contributed by atoms with Crippen LogP contribution in [-0.2, 0) is 0 Å². The Hall–Kier alpha value is -1.76. The molecule has 2 aliphatic heterocycles. The second-order valence-electron chi connectivity index (χ2n) is 4.26. The zero-order valence-corrected chi connectivity index (χ0v) is 10.5. The average molecular weight is 250 g/mol. The normalized spacial score (nSPS) is 18.4. The van der Waals surface area contributed by atoms with Gasteiger partial charge in [-0.3, -0.25) is 11.1 Å². The summed E-state index contributed by atoms with van der Waals surface area (Å²) in [5, 5.41) is 10.9. The van der Waals surface area contributed by atoms with E-state index < -0.39 is 0 Å². The van der Waals surface area contributed by atoms with Gasteiger partial charge >= 0.3 is 5.96 Å². The second kappa shape index (κ2) is 6.25. The number of hydrogen-bond donors (Lipinski definition) is 3. The van der Waals surface area contributed by atoms with Crippen molar-refractivity contribution in [1.29, 1.82) is 5.41 Å². The Balaban J connectivity index is 1.49. The topological polar surface area (TPSA) is 92.9 Å². The molecule has 0 saturated heterocycles. The molecule has 0 aliphatic carbocycles. The van der Waals surface area contributed by atoms with Crippen molar-refractivity contribution in [3.05, 3.63) is 0 Å². The average Bonchev–Trinajstić information content (AvgIpc) is 2.94. The van der Waals surface area contributed by atoms with E-state index in [1.54, 1.807) is 6.21 Å². The first-order chi connectivity index (χ1) is 8.77. The minimum atomic E-state index is 0.368. The lowest BCUT2D eigenvalue weighted by molar-refractivity contribution is -0.402. The Morgan fingerprint density at radius 3 is 3.06 bits per heavy atom. The molecule has 2 heterocycles. The van der Waals surface area contributed by atoms with Crippen LogP contribution in [0, 0.1) is 5.41 Å². The molecule has 0 unspecified atom stereocenters. The highest BCUT2D eigenvalue weighted by Crippen LogP contribution is 1.95. The number of hydrogen-bond acceptors (Lipinski definition) is 4. The monoisotopic (exact) mass is 250 g/mol. The Morgan fingerprint density at radius 1 is 1.50 bits per heavy atom. The first kappa shape index (κ1) is 12.7. The van der Waals surface area contributed by atoms with E-state index in [0.717, 1.165) is 39.1 Å². The molecule has 0 aromatic carbocycles. The molecule has 0 amide bonds. The van der Waals surface area contributed by atoms with Crippen LogP contribution in [0.1, 0.15) is 6.42 Å². The smallest absolute Gasteiger partial charge is 0.335 e. The zero-order valence-electron chi connectivity index (χ0n) is 10.5. The predicted octanol–water partition coefficient (Wildman–Crippen LogP) is -1.30. The highest BCUT2D eigenvalue weighted by molar-refractivity contribution is 5.92. The molecular weight excluding hydrogens is 230 g/mol. The molecular formula is C11H20N7+. The van der Waals surface area contributed by atoms with Crippen molar-refractivity contribution in [3.8, 4) is 0 Å². The molecule has 0 atom stereocenters. The molecule has 0 aromatic heterocycles. The van der Waals surface area contributed by atoms with Crippen molar-refractivity contribution in [1.82, 2.24) is 10.2 Å². The number of aliphatic imine (C=N–C) groups is 2. The van der Waals surface area contributed by atoms with Crippen LogP contribution < -0.4 is 11.1 Å². The highest BCUT2D eigenvalue weighted by atomic mass is 15.3. The van der Waals surface area contributed by atoms with Crippen molar-refractivity contribution in [2.45, 2.75) is 6.42 Å². The third-order valence-electron chi connectivity index (χ3n) is 2.98. The summed E-state index contributed by atoms with van der Waals surface area (Å²) < 4.78 is 1.99. The zero-order chi connectivity index (χ0) is 12.8. The molecule has 18 heavy (non-hydrogen) atoms. The maximum Gasteiger partial charge on any atom is 0.384 e. The van der Waals surface area contributed by atoms with E-state index in [2.05, 4.69) is 15.3 Å². The maximum atomic E-state index is 7.52. The van der Waals surface area contributed by atoms with Crippen LogP contribution in [0.15, 0.2) is 9.98 Å². The summed E-state index contributed by atoms with van der Waals surface area (Å²) in [5.41, 5.74) is 5.70. The standard InChI is InChI=1S/C11H20N7/c12-10-15-4-8-17(10)6-1-2-14-3-7-18-9-5-16-11(18)13/h5,8,13-14H,1-4,6-7,9H2,(H2,12,15)/q+1. The van der Waals surface area contributed by atoms with E-state index >= 15 is 0 Å². The Labute approximate surface area is 107 Å². The van der Waals surface area contributed by atoms with Crippen LogP contribution in [0.5, 0.6) is 0 Å². The van der Waals surface area contributed by atoms with Gasteiger partial charge in [-0.2, -0.15) is 0 Å². The third-order valence-corrected chi connectivity index (χ3v) is 2.98. The number of nitrogens with two attached hydrogens (primary N) is 1. The summed E-state index contributed by atoms with van der Waals surface area (Å²) in [7, 11) is 0. The van der Waals surface area contributed by atoms with Gasteiger partial charge in [-0.1, -0.05) is 0 Å². The molecule has 4 N–H and O–H groups in total. The van der Waals surface area contributed by atoms with Crippen molar-refractivity contribution in [2.24, 2.45) is 15.7 Å². The summed E-state index contributed by atoms with van der Waals surface area (Å²) in [6.45, 7) is 5.02. The van der Waals surface area contributed by atoms with Crippen LogP contribution in [0.25, 0.3) is 0 Å². The molecule has 0 radical (unpaired) electrons. The van der Waals surface area contributed by atoms with Crippen molar-refractivity contribution in [2.75, 3.05) is 39.3 Å². The Morgan fingerprint density at radius 2 is 2.39 bits per heavy atom. The quantitative estimate of drug-likeness (QED) is 0.387. The summed E-state index contributed by atoms with van der Waals surface area (Å²) in [4.78, 5) is 9.94. The summed E-state index contributed by atoms with van der Waals surface area (Å²) in [5.74, 6) is 0.991. The van der Waals surface area contributed by atoms with Gasteiger partial charge < -0.3 is 10.2 Å². The number of nitrogens with one attached hydrogen (secondary N) is 2. The van der Waals surface area contributed by atoms with Crippen molar-refractivity contribution < 1.29 is 4.58 Å². The molecule has 0 fully saturated rings. The number of nitrogens with zero attached hydrogens (tertiary/aromatic N) is 4. The van der Waals surface area contributed by atoms with Gasteiger partial charge in [0, 0.05) is 19.3 Å². The van der Waals surface area contributed by atoms with Crippen molar-refractivity contribution >= 4 is 24.3 Å². The lowest BCUT2D eigenvalue weighted by atomic mass is 10.4. The Bertz CT molecular complexity index is 396. The van der Waals surface area contributed by atoms with Gasteiger partial charge in [0.2, 0.25) is 5.96 Å². The predicted molar refractivity (Wildman–Crippen MR) is 73.0 cm³/mol. The van der Waals surface area contributed by atoms with Gasteiger partial charge in [-0.25, -0.2) is 9.57 Å². The van der Waals surface area contributed by atoms with E-state index in [9.17, 15) is 0 Å². The fourth-order valence-electron chi connectivity index (χ4n) is 1.93. The van der Waals surface area contributed by atoms with Crippen LogP contribution in [0.4, 0.5) is 0 Å². The molecule has 0 spiro atoms. The molecule has 2 rings (SSSR count). The van der Waals surface area contributed by atoms with E-state index in [0.29, 0.717) is 18.5 Å². The van der Waals surface area contributed by atoms with Gasteiger partial charge in [0.05, 0.1) is 19.3 Å².